The normalized spacial score (nSPS) is 10.6. The van der Waals surface area contributed by atoms with Crippen molar-refractivity contribution in [3.63, 3.8) is 0 Å². The largest absolute Gasteiger partial charge is 0.478 e. The van der Waals surface area contributed by atoms with E-state index in [0.29, 0.717) is 5.56 Å². The van der Waals surface area contributed by atoms with Crippen LogP contribution in [0.3, 0.4) is 0 Å². The van der Waals surface area contributed by atoms with Crippen molar-refractivity contribution in [2.24, 2.45) is 0 Å². The van der Waals surface area contributed by atoms with Crippen molar-refractivity contribution in [2.75, 3.05) is 12.3 Å². The number of carbonyl (C=O) groups excluding carboxylic acids is 1. The molecule has 0 aliphatic heterocycles. The van der Waals surface area contributed by atoms with E-state index >= 15 is 0 Å². The van der Waals surface area contributed by atoms with Gasteiger partial charge >= 0.3 is 5.97 Å². The number of carbonyl (C=O) groups is 2. The van der Waals surface area contributed by atoms with Gasteiger partial charge in [0.05, 0.1) is 17.0 Å². The second-order valence-electron chi connectivity index (χ2n) is 4.02. The van der Waals surface area contributed by atoms with Gasteiger partial charge in [-0.2, -0.15) is 0 Å². The predicted molar refractivity (Wildman–Crippen MR) is 72.0 cm³/mol. The fourth-order valence-electron chi connectivity index (χ4n) is 1.48. The first-order chi connectivity index (χ1) is 9.27. The maximum atomic E-state index is 12.0. The van der Waals surface area contributed by atoms with E-state index in [1.807, 2.05) is 0 Å². The van der Waals surface area contributed by atoms with E-state index in [1.165, 1.54) is 12.1 Å². The molecule has 106 valence electrons. The smallest absolute Gasteiger partial charge is 0.335 e. The number of nitrogens with one attached hydrogen (secondary N) is 1. The minimum absolute atomic E-state index is 0.0668. The maximum Gasteiger partial charge on any atom is 0.335 e. The standard InChI is InChI=1S/C13H13NO5S/c1-3-6-14-12(15)8-20(18,19)10-5-4-9(2)11(7-10)13(16)17/h1,4-5,7H,6,8H2,2H3,(H,14,15)(H,16,17). The lowest BCUT2D eigenvalue weighted by Crippen LogP contribution is -2.30. The van der Waals surface area contributed by atoms with Gasteiger partial charge in [-0.1, -0.05) is 12.0 Å². The van der Waals surface area contributed by atoms with Gasteiger partial charge in [0, 0.05) is 0 Å². The SMILES string of the molecule is C#CCNC(=O)CS(=O)(=O)c1ccc(C)c(C(=O)O)c1. The molecule has 1 rings (SSSR count). The molecular formula is C13H13NO5S. The molecule has 20 heavy (non-hydrogen) atoms. The van der Waals surface area contributed by atoms with E-state index in [2.05, 4.69) is 11.2 Å². The minimum Gasteiger partial charge on any atom is -0.478 e. The summed E-state index contributed by atoms with van der Waals surface area (Å²) in [5.74, 6) is -0.591. The van der Waals surface area contributed by atoms with Crippen LogP contribution in [0.2, 0.25) is 0 Å². The number of terminal acetylenes is 1. The van der Waals surface area contributed by atoms with E-state index in [0.717, 1.165) is 6.07 Å². The highest BCUT2D eigenvalue weighted by Crippen LogP contribution is 2.17. The molecule has 7 heteroatoms. The van der Waals surface area contributed by atoms with Crippen LogP contribution in [0.1, 0.15) is 15.9 Å². The Morgan fingerprint density at radius 1 is 1.40 bits per heavy atom. The predicted octanol–water partition coefficient (Wildman–Crippen LogP) is 0.216. The lowest BCUT2D eigenvalue weighted by atomic mass is 10.1. The first-order valence-corrected chi connectivity index (χ1v) is 7.20. The van der Waals surface area contributed by atoms with E-state index in [-0.39, 0.29) is 17.0 Å². The van der Waals surface area contributed by atoms with Crippen LogP contribution in [0.15, 0.2) is 23.1 Å². The highest BCUT2D eigenvalue weighted by molar-refractivity contribution is 7.92. The molecule has 0 saturated heterocycles. The number of amides is 1. The number of aromatic carboxylic acids is 1. The zero-order chi connectivity index (χ0) is 15.3. The molecule has 0 fully saturated rings. The summed E-state index contributed by atoms with van der Waals surface area (Å²) < 4.78 is 24.0. The third-order valence-corrected chi connectivity index (χ3v) is 4.12. The first kappa shape index (κ1) is 15.7. The number of carboxylic acids is 1. The third kappa shape index (κ3) is 3.83. The topological polar surface area (TPSA) is 101 Å². The van der Waals surface area contributed by atoms with Gasteiger partial charge < -0.3 is 10.4 Å². The number of sulfone groups is 1. The summed E-state index contributed by atoms with van der Waals surface area (Å²) in [6, 6.07) is 3.70. The van der Waals surface area contributed by atoms with Gasteiger partial charge in [-0.3, -0.25) is 4.79 Å². The molecule has 6 nitrogen and oxygen atoms in total. The highest BCUT2D eigenvalue weighted by atomic mass is 32.2. The van der Waals surface area contributed by atoms with Crippen LogP contribution >= 0.6 is 0 Å². The monoisotopic (exact) mass is 295 g/mol. The van der Waals surface area contributed by atoms with Crippen molar-refractivity contribution in [3.8, 4) is 12.3 Å². The van der Waals surface area contributed by atoms with Crippen molar-refractivity contribution in [1.82, 2.24) is 5.32 Å². The number of hydrogen-bond donors (Lipinski definition) is 2. The average Bonchev–Trinajstić information content (AvgIpc) is 2.35. The van der Waals surface area contributed by atoms with Gasteiger partial charge in [0.2, 0.25) is 5.91 Å². The Labute approximate surface area is 116 Å². The van der Waals surface area contributed by atoms with Crippen molar-refractivity contribution in [2.45, 2.75) is 11.8 Å². The van der Waals surface area contributed by atoms with Crippen LogP contribution in [-0.4, -0.2) is 37.7 Å². The zero-order valence-electron chi connectivity index (χ0n) is 10.7. The van der Waals surface area contributed by atoms with Crippen LogP contribution in [0, 0.1) is 19.3 Å². The number of carboxylic acid groups (broad SMARTS) is 1. The van der Waals surface area contributed by atoms with E-state index in [1.54, 1.807) is 6.92 Å². The summed E-state index contributed by atoms with van der Waals surface area (Å²) in [7, 11) is -3.91. The molecule has 0 aliphatic carbocycles. The summed E-state index contributed by atoms with van der Waals surface area (Å²) in [6.07, 6.45) is 4.94. The molecule has 0 saturated carbocycles. The van der Waals surface area contributed by atoms with Crippen LogP contribution in [0.4, 0.5) is 0 Å². The summed E-state index contributed by atoms with van der Waals surface area (Å²) in [5, 5.41) is 11.2. The number of rotatable bonds is 5. The second kappa shape index (κ2) is 6.21. The quantitative estimate of drug-likeness (QED) is 0.757. The van der Waals surface area contributed by atoms with Crippen LogP contribution in [0.5, 0.6) is 0 Å². The van der Waals surface area contributed by atoms with Gasteiger partial charge in [0.15, 0.2) is 9.84 Å². The van der Waals surface area contributed by atoms with Crippen LogP contribution in [0.25, 0.3) is 0 Å². The Hall–Kier alpha value is -2.33. The molecule has 1 aromatic rings. The second-order valence-corrected chi connectivity index (χ2v) is 6.01. The van der Waals surface area contributed by atoms with Crippen molar-refractivity contribution in [1.29, 1.82) is 0 Å². The number of benzene rings is 1. The molecule has 0 atom stereocenters. The zero-order valence-corrected chi connectivity index (χ0v) is 11.5. The Balaban J connectivity index is 3.05. The summed E-state index contributed by atoms with van der Waals surface area (Å²) in [6.45, 7) is 1.49. The molecule has 0 aliphatic rings. The van der Waals surface area contributed by atoms with Crippen molar-refractivity contribution >= 4 is 21.7 Å². The average molecular weight is 295 g/mol. The number of aryl methyl sites for hydroxylation is 1. The molecule has 1 aromatic carbocycles. The fourth-order valence-corrected chi connectivity index (χ4v) is 2.67. The van der Waals surface area contributed by atoms with Gasteiger partial charge in [-0.15, -0.1) is 6.42 Å². The Kier molecular flexibility index (Phi) is 4.88. The summed E-state index contributed by atoms with van der Waals surface area (Å²) in [5.41, 5.74) is 0.323. The van der Waals surface area contributed by atoms with E-state index in [4.69, 9.17) is 11.5 Å². The lowest BCUT2D eigenvalue weighted by molar-refractivity contribution is -0.118. The molecule has 1 amide bonds. The van der Waals surface area contributed by atoms with Gasteiger partial charge in [-0.25, -0.2) is 13.2 Å². The molecule has 0 aromatic heterocycles. The summed E-state index contributed by atoms with van der Waals surface area (Å²) in [4.78, 5) is 22.1. The Morgan fingerprint density at radius 3 is 2.60 bits per heavy atom. The molecule has 0 unspecified atom stereocenters. The lowest BCUT2D eigenvalue weighted by Gasteiger charge is -2.07. The first-order valence-electron chi connectivity index (χ1n) is 5.55. The van der Waals surface area contributed by atoms with E-state index in [9.17, 15) is 18.0 Å². The number of hydrogen-bond acceptors (Lipinski definition) is 4. The Bertz CT molecular complexity index is 685. The summed E-state index contributed by atoms with van der Waals surface area (Å²) >= 11 is 0. The maximum absolute atomic E-state index is 12.0. The van der Waals surface area contributed by atoms with Crippen molar-refractivity contribution in [3.05, 3.63) is 29.3 Å². The molecule has 0 radical (unpaired) electrons. The Morgan fingerprint density at radius 2 is 2.05 bits per heavy atom. The molecular weight excluding hydrogens is 282 g/mol. The van der Waals surface area contributed by atoms with Gasteiger partial charge in [-0.05, 0) is 24.6 Å². The highest BCUT2D eigenvalue weighted by Gasteiger charge is 2.21. The van der Waals surface area contributed by atoms with Crippen LogP contribution in [-0.2, 0) is 14.6 Å². The molecule has 0 bridgehead atoms. The third-order valence-electron chi connectivity index (χ3n) is 2.51. The fraction of sp³-hybridized carbons (Fsp3) is 0.231. The van der Waals surface area contributed by atoms with Crippen LogP contribution < -0.4 is 5.32 Å². The van der Waals surface area contributed by atoms with Gasteiger partial charge in [0.25, 0.3) is 0 Å². The van der Waals surface area contributed by atoms with Gasteiger partial charge in [0.1, 0.15) is 5.75 Å². The molecule has 0 heterocycles. The van der Waals surface area contributed by atoms with E-state index < -0.39 is 27.5 Å². The molecule has 0 spiro atoms. The molecule has 2 N–H and O–H groups in total. The minimum atomic E-state index is -3.91. The van der Waals surface area contributed by atoms with Crippen molar-refractivity contribution < 1.29 is 23.1 Å².